The largest absolute Gasteiger partial charge is 0.489 e. The summed E-state index contributed by atoms with van der Waals surface area (Å²) >= 11 is 13.8. The van der Waals surface area contributed by atoms with Gasteiger partial charge in [0.2, 0.25) is 0 Å². The van der Waals surface area contributed by atoms with Crippen molar-refractivity contribution >= 4 is 46.2 Å². The monoisotopic (exact) mass is 559 g/mol. The molecule has 2 aromatic heterocycles. The minimum atomic E-state index is -1.06. The quantitative estimate of drug-likeness (QED) is 0.263. The number of thiophene rings is 1. The van der Waals surface area contributed by atoms with E-state index < -0.39 is 23.8 Å². The highest BCUT2D eigenvalue weighted by Crippen LogP contribution is 2.34. The average molecular weight is 561 g/mol. The summed E-state index contributed by atoms with van der Waals surface area (Å²) in [5.41, 5.74) is 1.39. The number of pyridine rings is 1. The second-order valence-electron chi connectivity index (χ2n) is 9.40. The number of ether oxygens (including phenoxy) is 1. The lowest BCUT2D eigenvalue weighted by Gasteiger charge is -2.28. The Balaban J connectivity index is 1.30. The third kappa shape index (κ3) is 6.51. The number of hydrogen-bond donors (Lipinski definition) is 2. The normalized spacial score (nSPS) is 17.4. The van der Waals surface area contributed by atoms with Crippen LogP contribution in [0.25, 0.3) is 10.6 Å². The van der Waals surface area contributed by atoms with Crippen LogP contribution in [0.4, 0.5) is 0 Å². The van der Waals surface area contributed by atoms with Crippen molar-refractivity contribution in [2.24, 2.45) is 0 Å². The molecule has 1 saturated carbocycles. The molecule has 2 aliphatic rings. The SMILES string of the molecule is O=C(NC(CN1CCCC1)[C@H](O)c1ccc(OC2CC2)c(Cl)c1)C(=O)c1ccc(-c2ccc(Cl)s2)nc1. The molecule has 1 aliphatic heterocycles. The Hall–Kier alpha value is -2.49. The molecule has 1 aliphatic carbocycles. The van der Waals surface area contributed by atoms with E-state index >= 15 is 0 Å². The van der Waals surface area contributed by atoms with Crippen LogP contribution in [0.3, 0.4) is 0 Å². The highest BCUT2D eigenvalue weighted by Gasteiger charge is 2.30. The molecular weight excluding hydrogens is 533 g/mol. The van der Waals surface area contributed by atoms with E-state index in [4.69, 9.17) is 27.9 Å². The molecule has 2 N–H and O–H groups in total. The van der Waals surface area contributed by atoms with Gasteiger partial charge in [-0.3, -0.25) is 14.6 Å². The Labute approximate surface area is 229 Å². The van der Waals surface area contributed by atoms with Gasteiger partial charge in [-0.2, -0.15) is 0 Å². The smallest absolute Gasteiger partial charge is 0.292 e. The molecule has 1 saturated heterocycles. The number of carbonyl (C=O) groups is 2. The third-order valence-electron chi connectivity index (χ3n) is 6.52. The van der Waals surface area contributed by atoms with Gasteiger partial charge in [-0.1, -0.05) is 29.3 Å². The van der Waals surface area contributed by atoms with E-state index in [0.29, 0.717) is 32.9 Å². The van der Waals surface area contributed by atoms with Gasteiger partial charge in [-0.25, -0.2) is 0 Å². The number of aliphatic hydroxyl groups excluding tert-OH is 1. The van der Waals surface area contributed by atoms with Crippen molar-refractivity contribution in [3.63, 3.8) is 0 Å². The number of nitrogens with one attached hydrogen (secondary N) is 1. The predicted octanol–water partition coefficient (Wildman–Crippen LogP) is 5.16. The fourth-order valence-electron chi connectivity index (χ4n) is 4.35. The van der Waals surface area contributed by atoms with Gasteiger partial charge in [-0.05, 0) is 80.7 Å². The van der Waals surface area contributed by atoms with Crippen LogP contribution in [0, 0.1) is 0 Å². The molecule has 1 aromatic carbocycles. The Morgan fingerprint density at radius 1 is 1.14 bits per heavy atom. The number of Topliss-reactive ketones (excluding diaryl/α,β-unsaturated/α-hetero) is 1. The molecule has 2 atom stereocenters. The van der Waals surface area contributed by atoms with Crippen LogP contribution in [0.5, 0.6) is 5.75 Å². The van der Waals surface area contributed by atoms with Gasteiger partial charge in [0.1, 0.15) is 11.9 Å². The van der Waals surface area contributed by atoms with E-state index in [1.807, 2.05) is 6.07 Å². The Bertz CT molecular complexity index is 1270. The maximum atomic E-state index is 13.0. The van der Waals surface area contributed by atoms with Gasteiger partial charge in [0.15, 0.2) is 0 Å². The summed E-state index contributed by atoms with van der Waals surface area (Å²) in [6.45, 7) is 2.16. The molecule has 0 radical (unpaired) electrons. The number of hydrogen-bond acceptors (Lipinski definition) is 7. The van der Waals surface area contributed by atoms with E-state index in [0.717, 1.165) is 43.6 Å². The first-order valence-electron chi connectivity index (χ1n) is 12.3. The van der Waals surface area contributed by atoms with Crippen molar-refractivity contribution < 1.29 is 19.4 Å². The van der Waals surface area contributed by atoms with Gasteiger partial charge < -0.3 is 20.1 Å². The minimum absolute atomic E-state index is 0.169. The zero-order chi connectivity index (χ0) is 25.9. The molecular formula is C27H27Cl2N3O4S. The van der Waals surface area contributed by atoms with Crippen molar-refractivity contribution in [2.75, 3.05) is 19.6 Å². The Morgan fingerprint density at radius 2 is 1.92 bits per heavy atom. The van der Waals surface area contributed by atoms with Crippen molar-refractivity contribution in [2.45, 2.75) is 43.9 Å². The summed E-state index contributed by atoms with van der Waals surface area (Å²) in [5.74, 6) is -0.930. The van der Waals surface area contributed by atoms with Crippen LogP contribution < -0.4 is 10.1 Å². The summed E-state index contributed by atoms with van der Waals surface area (Å²) in [5, 5.41) is 14.4. The molecule has 194 valence electrons. The van der Waals surface area contributed by atoms with Crippen LogP contribution in [0.2, 0.25) is 9.36 Å². The predicted molar refractivity (Wildman–Crippen MR) is 145 cm³/mol. The molecule has 5 rings (SSSR count). The van der Waals surface area contributed by atoms with Crippen LogP contribution in [0.15, 0.2) is 48.7 Å². The van der Waals surface area contributed by atoms with Crippen LogP contribution in [-0.2, 0) is 4.79 Å². The first kappa shape index (κ1) is 26.1. The van der Waals surface area contributed by atoms with Crippen LogP contribution >= 0.6 is 34.5 Å². The number of nitrogens with zero attached hydrogens (tertiary/aromatic N) is 2. The standard InChI is InChI=1S/C27H27Cl2N3O4S/c28-19-13-16(4-8-22(19)36-18-5-6-18)25(33)21(15-32-11-1-2-12-32)31-27(35)26(34)17-3-7-20(30-14-17)23-9-10-24(29)37-23/h3-4,7-10,13-14,18,21,25,33H,1-2,5-6,11-12,15H2,(H,31,35)/t21?,25-/m1/s1. The summed E-state index contributed by atoms with van der Waals surface area (Å²) in [6, 6.07) is 11.3. The number of likely N-dealkylation sites (tertiary alicyclic amines) is 1. The molecule has 10 heteroatoms. The van der Waals surface area contributed by atoms with Crippen LogP contribution in [0.1, 0.15) is 47.7 Å². The van der Waals surface area contributed by atoms with E-state index in [1.54, 1.807) is 36.4 Å². The lowest BCUT2D eigenvalue weighted by Crippen LogP contribution is -2.48. The number of amides is 1. The van der Waals surface area contributed by atoms with Gasteiger partial charge >= 0.3 is 0 Å². The summed E-state index contributed by atoms with van der Waals surface area (Å²) in [7, 11) is 0. The molecule has 3 heterocycles. The van der Waals surface area contributed by atoms with Crippen molar-refractivity contribution in [1.82, 2.24) is 15.2 Å². The maximum Gasteiger partial charge on any atom is 0.292 e. The molecule has 1 amide bonds. The molecule has 2 fully saturated rings. The minimum Gasteiger partial charge on any atom is -0.489 e. The number of rotatable bonds is 10. The first-order valence-corrected chi connectivity index (χ1v) is 13.9. The number of benzene rings is 1. The maximum absolute atomic E-state index is 13.0. The second kappa shape index (κ2) is 11.5. The number of ketones is 1. The summed E-state index contributed by atoms with van der Waals surface area (Å²) < 4.78 is 6.44. The molecule has 0 bridgehead atoms. The highest BCUT2D eigenvalue weighted by atomic mass is 35.5. The summed E-state index contributed by atoms with van der Waals surface area (Å²) in [6.07, 6.45) is 4.67. The van der Waals surface area contributed by atoms with E-state index in [9.17, 15) is 14.7 Å². The lowest BCUT2D eigenvalue weighted by molar-refractivity contribution is -0.118. The topological polar surface area (TPSA) is 91.8 Å². The highest BCUT2D eigenvalue weighted by molar-refractivity contribution is 7.19. The molecule has 1 unspecified atom stereocenters. The number of aromatic nitrogens is 1. The number of carbonyl (C=O) groups excluding carboxylic acids is 2. The van der Waals surface area contributed by atoms with Gasteiger partial charge in [0.05, 0.1) is 32.1 Å². The number of halogens is 2. The molecule has 7 nitrogen and oxygen atoms in total. The third-order valence-corrected chi connectivity index (χ3v) is 8.07. The van der Waals surface area contributed by atoms with Gasteiger partial charge in [0.25, 0.3) is 11.7 Å². The van der Waals surface area contributed by atoms with E-state index in [2.05, 4.69) is 15.2 Å². The van der Waals surface area contributed by atoms with Gasteiger partial charge in [-0.15, -0.1) is 11.3 Å². The number of aliphatic hydroxyl groups is 1. The van der Waals surface area contributed by atoms with Crippen molar-refractivity contribution in [1.29, 1.82) is 0 Å². The molecule has 0 spiro atoms. The fourth-order valence-corrected chi connectivity index (χ4v) is 5.61. The fraction of sp³-hybridized carbons (Fsp3) is 0.370. The van der Waals surface area contributed by atoms with Crippen molar-refractivity contribution in [3.8, 4) is 16.3 Å². The van der Waals surface area contributed by atoms with E-state index in [1.165, 1.54) is 17.5 Å². The van der Waals surface area contributed by atoms with E-state index in [-0.39, 0.29) is 11.7 Å². The lowest BCUT2D eigenvalue weighted by atomic mass is 10.0. The molecule has 37 heavy (non-hydrogen) atoms. The zero-order valence-corrected chi connectivity index (χ0v) is 22.4. The second-order valence-corrected chi connectivity index (χ2v) is 11.5. The Morgan fingerprint density at radius 3 is 2.54 bits per heavy atom. The van der Waals surface area contributed by atoms with Crippen molar-refractivity contribution in [3.05, 3.63) is 69.1 Å². The Kier molecular flexibility index (Phi) is 8.12. The molecule has 3 aromatic rings. The van der Waals surface area contributed by atoms with Gasteiger partial charge in [0, 0.05) is 18.3 Å². The average Bonchev–Trinajstić information content (AvgIpc) is 3.36. The first-order chi connectivity index (χ1) is 17.9. The zero-order valence-electron chi connectivity index (χ0n) is 20.0. The van der Waals surface area contributed by atoms with Crippen LogP contribution in [-0.4, -0.2) is 58.5 Å². The summed E-state index contributed by atoms with van der Waals surface area (Å²) in [4.78, 5) is 33.3.